The summed E-state index contributed by atoms with van der Waals surface area (Å²) in [5.74, 6) is 0. The number of nitrogens with zero attached hydrogens (tertiary/aromatic N) is 1. The maximum absolute atomic E-state index is 2.60. The minimum absolute atomic E-state index is 0.305. The van der Waals surface area contributed by atoms with Gasteiger partial charge < -0.3 is 0 Å². The average molecular weight is 378 g/mol. The molecule has 0 amide bonds. The van der Waals surface area contributed by atoms with Gasteiger partial charge in [0.05, 0.1) is 0 Å². The Kier molecular flexibility index (Phi) is 6.52. The first-order valence-electron chi connectivity index (χ1n) is 10.3. The fourth-order valence-electron chi connectivity index (χ4n) is 3.88. The molecule has 0 aliphatic carbocycles. The molecular weight excluding hydrogens is 350 g/mol. The molecule has 0 N–H and O–H groups in total. The van der Waals surface area contributed by atoms with Gasteiger partial charge in [-0.05, 0) is 28.7 Å². The standard InChI is InChI=1S/C28H27N/c1-5-13-24(14-6-1)21-28(27-19-11-4-12-20-27)29(22-25-15-7-2-8-16-25)23-26-17-9-3-10-18-26/h1-20,28H,21-23H2/t28-/m0/s1. The summed E-state index contributed by atoms with van der Waals surface area (Å²) in [4.78, 5) is 2.60. The van der Waals surface area contributed by atoms with Crippen LogP contribution in [0.15, 0.2) is 121 Å². The van der Waals surface area contributed by atoms with E-state index in [0.717, 1.165) is 19.5 Å². The highest BCUT2D eigenvalue weighted by atomic mass is 15.2. The van der Waals surface area contributed by atoms with Crippen LogP contribution in [-0.4, -0.2) is 4.90 Å². The third kappa shape index (κ3) is 5.43. The van der Waals surface area contributed by atoms with E-state index in [1.807, 2.05) is 0 Å². The predicted molar refractivity (Wildman–Crippen MR) is 121 cm³/mol. The first kappa shape index (κ1) is 19.2. The van der Waals surface area contributed by atoms with Crippen molar-refractivity contribution in [1.29, 1.82) is 0 Å². The Hall–Kier alpha value is -3.16. The van der Waals surface area contributed by atoms with Crippen LogP contribution in [0.1, 0.15) is 28.3 Å². The lowest BCUT2D eigenvalue weighted by Gasteiger charge is -2.33. The van der Waals surface area contributed by atoms with Crippen molar-refractivity contribution in [3.63, 3.8) is 0 Å². The van der Waals surface area contributed by atoms with Gasteiger partial charge in [0.1, 0.15) is 0 Å². The molecule has 29 heavy (non-hydrogen) atoms. The van der Waals surface area contributed by atoms with Gasteiger partial charge in [-0.25, -0.2) is 0 Å². The highest BCUT2D eigenvalue weighted by Gasteiger charge is 2.21. The molecule has 0 radical (unpaired) electrons. The fourth-order valence-corrected chi connectivity index (χ4v) is 3.88. The van der Waals surface area contributed by atoms with Crippen LogP contribution < -0.4 is 0 Å². The Morgan fingerprint density at radius 1 is 0.448 bits per heavy atom. The van der Waals surface area contributed by atoms with Gasteiger partial charge in [0.2, 0.25) is 0 Å². The summed E-state index contributed by atoms with van der Waals surface area (Å²) in [5, 5.41) is 0. The maximum Gasteiger partial charge on any atom is 0.0395 e. The molecule has 1 nitrogen and oxygen atoms in total. The number of rotatable bonds is 8. The van der Waals surface area contributed by atoms with Gasteiger partial charge in [-0.2, -0.15) is 0 Å². The van der Waals surface area contributed by atoms with Crippen molar-refractivity contribution >= 4 is 0 Å². The molecule has 1 heteroatoms. The molecule has 0 spiro atoms. The van der Waals surface area contributed by atoms with E-state index in [2.05, 4.69) is 126 Å². The lowest BCUT2D eigenvalue weighted by Crippen LogP contribution is -2.29. The fraction of sp³-hybridized carbons (Fsp3) is 0.143. The first-order chi connectivity index (χ1) is 14.4. The summed E-state index contributed by atoms with van der Waals surface area (Å²) < 4.78 is 0. The summed E-state index contributed by atoms with van der Waals surface area (Å²) in [7, 11) is 0. The number of hydrogen-bond acceptors (Lipinski definition) is 1. The molecule has 0 heterocycles. The molecule has 0 fully saturated rings. The van der Waals surface area contributed by atoms with Crippen LogP contribution in [0.3, 0.4) is 0 Å². The Balaban J connectivity index is 1.69. The molecule has 0 aliphatic heterocycles. The molecule has 4 rings (SSSR count). The molecule has 0 bridgehead atoms. The highest BCUT2D eigenvalue weighted by molar-refractivity contribution is 5.26. The summed E-state index contributed by atoms with van der Waals surface area (Å²) >= 11 is 0. The second-order valence-corrected chi connectivity index (χ2v) is 7.49. The quantitative estimate of drug-likeness (QED) is 0.331. The van der Waals surface area contributed by atoms with Gasteiger partial charge in [0, 0.05) is 19.1 Å². The van der Waals surface area contributed by atoms with E-state index < -0.39 is 0 Å². The molecular formula is C28H27N. The van der Waals surface area contributed by atoms with Crippen molar-refractivity contribution < 1.29 is 0 Å². The largest absolute Gasteiger partial charge is 0.288 e. The normalized spacial score (nSPS) is 12.0. The van der Waals surface area contributed by atoms with Crippen molar-refractivity contribution in [1.82, 2.24) is 4.90 Å². The second-order valence-electron chi connectivity index (χ2n) is 7.49. The van der Waals surface area contributed by atoms with E-state index in [1.165, 1.54) is 22.3 Å². The SMILES string of the molecule is c1ccc(C[C@@H](c2ccccc2)N(Cc2ccccc2)Cc2ccccc2)cc1. The molecule has 4 aromatic carbocycles. The lowest BCUT2D eigenvalue weighted by atomic mass is 9.96. The van der Waals surface area contributed by atoms with Crippen molar-refractivity contribution in [2.75, 3.05) is 0 Å². The first-order valence-corrected chi connectivity index (χ1v) is 10.3. The molecule has 1 atom stereocenters. The van der Waals surface area contributed by atoms with Gasteiger partial charge in [0.15, 0.2) is 0 Å². The van der Waals surface area contributed by atoms with Crippen LogP contribution in [0.4, 0.5) is 0 Å². The third-order valence-corrected chi connectivity index (χ3v) is 5.35. The molecule has 0 aromatic heterocycles. The molecule has 0 unspecified atom stereocenters. The van der Waals surface area contributed by atoms with Crippen LogP contribution in [-0.2, 0) is 19.5 Å². The van der Waals surface area contributed by atoms with Crippen LogP contribution in [0, 0.1) is 0 Å². The van der Waals surface area contributed by atoms with E-state index in [0.29, 0.717) is 6.04 Å². The van der Waals surface area contributed by atoms with Crippen LogP contribution in [0.5, 0.6) is 0 Å². The molecule has 4 aromatic rings. The van der Waals surface area contributed by atoms with Crippen LogP contribution in [0.25, 0.3) is 0 Å². The Morgan fingerprint density at radius 3 is 1.28 bits per heavy atom. The van der Waals surface area contributed by atoms with Crippen LogP contribution >= 0.6 is 0 Å². The zero-order valence-electron chi connectivity index (χ0n) is 16.7. The summed E-state index contributed by atoms with van der Waals surface area (Å²) in [6, 6.07) is 43.6. The predicted octanol–water partition coefficient (Wildman–Crippen LogP) is 6.67. The Labute approximate surface area is 174 Å². The minimum atomic E-state index is 0.305. The highest BCUT2D eigenvalue weighted by Crippen LogP contribution is 2.28. The van der Waals surface area contributed by atoms with Crippen molar-refractivity contribution in [3.8, 4) is 0 Å². The lowest BCUT2D eigenvalue weighted by molar-refractivity contribution is 0.177. The van der Waals surface area contributed by atoms with E-state index in [1.54, 1.807) is 0 Å². The van der Waals surface area contributed by atoms with Gasteiger partial charge in [-0.1, -0.05) is 121 Å². The summed E-state index contributed by atoms with van der Waals surface area (Å²) in [6.45, 7) is 1.84. The average Bonchev–Trinajstić information content (AvgIpc) is 2.80. The maximum atomic E-state index is 2.60. The number of hydrogen-bond donors (Lipinski definition) is 0. The van der Waals surface area contributed by atoms with E-state index in [9.17, 15) is 0 Å². The topological polar surface area (TPSA) is 3.24 Å². The second kappa shape index (κ2) is 9.86. The van der Waals surface area contributed by atoms with Crippen molar-refractivity contribution in [3.05, 3.63) is 144 Å². The molecule has 0 aliphatic rings. The smallest absolute Gasteiger partial charge is 0.0395 e. The monoisotopic (exact) mass is 377 g/mol. The molecule has 144 valence electrons. The van der Waals surface area contributed by atoms with Crippen molar-refractivity contribution in [2.24, 2.45) is 0 Å². The molecule has 0 saturated carbocycles. The zero-order valence-corrected chi connectivity index (χ0v) is 16.7. The van der Waals surface area contributed by atoms with E-state index >= 15 is 0 Å². The van der Waals surface area contributed by atoms with Gasteiger partial charge >= 0.3 is 0 Å². The third-order valence-electron chi connectivity index (χ3n) is 5.35. The Bertz CT molecular complexity index is 924. The van der Waals surface area contributed by atoms with Crippen molar-refractivity contribution in [2.45, 2.75) is 25.6 Å². The summed E-state index contributed by atoms with van der Waals surface area (Å²) in [6.07, 6.45) is 0.991. The van der Waals surface area contributed by atoms with Crippen LogP contribution in [0.2, 0.25) is 0 Å². The van der Waals surface area contributed by atoms with Gasteiger partial charge in [-0.3, -0.25) is 4.90 Å². The zero-order chi connectivity index (χ0) is 19.7. The minimum Gasteiger partial charge on any atom is -0.288 e. The summed E-state index contributed by atoms with van der Waals surface area (Å²) in [5.41, 5.74) is 5.42. The Morgan fingerprint density at radius 2 is 0.828 bits per heavy atom. The van der Waals surface area contributed by atoms with Gasteiger partial charge in [-0.15, -0.1) is 0 Å². The number of benzene rings is 4. The van der Waals surface area contributed by atoms with E-state index in [4.69, 9.17) is 0 Å². The van der Waals surface area contributed by atoms with E-state index in [-0.39, 0.29) is 0 Å². The van der Waals surface area contributed by atoms with Gasteiger partial charge in [0.25, 0.3) is 0 Å². The molecule has 0 saturated heterocycles.